The Morgan fingerprint density at radius 3 is 2.45 bits per heavy atom. The van der Waals surface area contributed by atoms with Gasteiger partial charge in [-0.05, 0) is 0 Å². The molecule has 0 spiro atoms. The van der Waals surface area contributed by atoms with E-state index < -0.39 is 0 Å². The fraction of sp³-hybridized carbons (Fsp3) is 0.333. The maximum Gasteiger partial charge on any atom is 0.262 e. The van der Waals surface area contributed by atoms with Gasteiger partial charge in [0.05, 0.1) is 14.2 Å². The number of methoxy groups -OCH3 is 2. The molecule has 1 rings (SSSR count). The number of rotatable bonds is 2. The van der Waals surface area contributed by atoms with Crippen LogP contribution in [-0.2, 0) is 0 Å². The topological polar surface area (TPSA) is 70.3 Å². The third-order valence-electron chi connectivity index (χ3n) is 1.20. The molecule has 0 amide bonds. The lowest BCUT2D eigenvalue weighted by Gasteiger charge is -2.05. The minimum absolute atomic E-state index is 0.277. The van der Waals surface area contributed by atoms with E-state index in [0.717, 1.165) is 0 Å². The summed E-state index contributed by atoms with van der Waals surface area (Å²) >= 11 is 0. The molecule has 0 saturated heterocycles. The van der Waals surface area contributed by atoms with Crippen LogP contribution in [0.3, 0.4) is 0 Å². The van der Waals surface area contributed by atoms with Crippen LogP contribution in [0.15, 0.2) is 6.33 Å². The number of anilines is 1. The molecule has 5 nitrogen and oxygen atoms in total. The second-order valence-electron chi connectivity index (χ2n) is 1.80. The van der Waals surface area contributed by atoms with Gasteiger partial charge in [0.1, 0.15) is 6.33 Å². The maximum absolute atomic E-state index is 5.45. The van der Waals surface area contributed by atoms with E-state index in [0.29, 0.717) is 11.6 Å². The van der Waals surface area contributed by atoms with Crippen LogP contribution in [0.25, 0.3) is 0 Å². The van der Waals surface area contributed by atoms with Gasteiger partial charge in [-0.2, -0.15) is 4.98 Å². The molecule has 0 saturated carbocycles. The number of hydrogen-bond acceptors (Lipinski definition) is 5. The van der Waals surface area contributed by atoms with E-state index in [2.05, 4.69) is 9.97 Å². The lowest BCUT2D eigenvalue weighted by Crippen LogP contribution is -1.99. The van der Waals surface area contributed by atoms with Gasteiger partial charge >= 0.3 is 0 Å². The van der Waals surface area contributed by atoms with E-state index in [1.54, 1.807) is 0 Å². The average Bonchev–Trinajstić information content (AvgIpc) is 2.04. The molecule has 0 aliphatic carbocycles. The average molecular weight is 155 g/mol. The number of aromatic nitrogens is 2. The normalized spacial score (nSPS) is 9.27. The molecule has 0 radical (unpaired) electrons. The van der Waals surface area contributed by atoms with Crippen LogP contribution in [0.4, 0.5) is 5.82 Å². The Balaban J connectivity index is 3.13. The summed E-state index contributed by atoms with van der Waals surface area (Å²) in [7, 11) is 2.97. The van der Waals surface area contributed by atoms with Crippen LogP contribution >= 0.6 is 0 Å². The monoisotopic (exact) mass is 155 g/mol. The number of nitrogens with zero attached hydrogens (tertiary/aromatic N) is 2. The van der Waals surface area contributed by atoms with Crippen molar-refractivity contribution in [2.45, 2.75) is 0 Å². The summed E-state index contributed by atoms with van der Waals surface area (Å²) < 4.78 is 9.75. The number of nitrogen functional groups attached to an aromatic ring is 1. The summed E-state index contributed by atoms with van der Waals surface area (Å²) in [4.78, 5) is 7.51. The Hall–Kier alpha value is -1.52. The molecule has 0 atom stereocenters. The predicted octanol–water partition coefficient (Wildman–Crippen LogP) is 0.0760. The fourth-order valence-corrected chi connectivity index (χ4v) is 0.708. The van der Waals surface area contributed by atoms with E-state index >= 15 is 0 Å². The van der Waals surface area contributed by atoms with Crippen molar-refractivity contribution in [3.05, 3.63) is 6.33 Å². The molecular formula is C6H9N3O2. The molecule has 5 heteroatoms. The zero-order valence-corrected chi connectivity index (χ0v) is 6.37. The molecule has 0 fully saturated rings. The van der Waals surface area contributed by atoms with Crippen molar-refractivity contribution < 1.29 is 9.47 Å². The molecular weight excluding hydrogens is 146 g/mol. The van der Waals surface area contributed by atoms with E-state index in [-0.39, 0.29) is 5.82 Å². The zero-order valence-electron chi connectivity index (χ0n) is 6.37. The first-order valence-electron chi connectivity index (χ1n) is 2.98. The van der Waals surface area contributed by atoms with Crippen LogP contribution in [-0.4, -0.2) is 24.2 Å². The molecule has 0 aromatic carbocycles. The molecule has 1 aromatic rings. The highest BCUT2D eigenvalue weighted by Crippen LogP contribution is 2.27. The molecule has 11 heavy (non-hydrogen) atoms. The largest absolute Gasteiger partial charge is 0.489 e. The first-order chi connectivity index (χ1) is 5.29. The van der Waals surface area contributed by atoms with Gasteiger partial charge in [-0.25, -0.2) is 4.98 Å². The lowest BCUT2D eigenvalue weighted by atomic mass is 10.5. The molecule has 60 valence electrons. The SMILES string of the molecule is COc1ncnc(N)c1OC. The minimum Gasteiger partial charge on any atom is -0.489 e. The van der Waals surface area contributed by atoms with Gasteiger partial charge < -0.3 is 15.2 Å². The second kappa shape index (κ2) is 3.05. The standard InChI is InChI=1S/C6H9N3O2/c1-10-4-5(7)8-3-9-6(4)11-2/h3H,1-2H3,(H2,7,8,9). The minimum atomic E-state index is 0.277. The van der Waals surface area contributed by atoms with Crippen LogP contribution in [0.5, 0.6) is 11.6 Å². The Bertz CT molecular complexity index is 252. The summed E-state index contributed by atoms with van der Waals surface area (Å²) in [5, 5.41) is 0. The van der Waals surface area contributed by atoms with Crippen LogP contribution < -0.4 is 15.2 Å². The Morgan fingerprint density at radius 1 is 1.27 bits per heavy atom. The maximum atomic E-state index is 5.45. The van der Waals surface area contributed by atoms with E-state index in [4.69, 9.17) is 15.2 Å². The van der Waals surface area contributed by atoms with E-state index in [1.807, 2.05) is 0 Å². The number of ether oxygens (including phenoxy) is 2. The van der Waals surface area contributed by atoms with Gasteiger partial charge in [0.2, 0.25) is 5.75 Å². The Labute approximate surface area is 64.2 Å². The first kappa shape index (κ1) is 7.59. The van der Waals surface area contributed by atoms with Crippen molar-refractivity contribution >= 4 is 5.82 Å². The lowest BCUT2D eigenvalue weighted by molar-refractivity contribution is 0.342. The Morgan fingerprint density at radius 2 is 2.00 bits per heavy atom. The van der Waals surface area contributed by atoms with Crippen molar-refractivity contribution in [2.75, 3.05) is 20.0 Å². The zero-order chi connectivity index (χ0) is 8.27. The van der Waals surface area contributed by atoms with Gasteiger partial charge in [-0.1, -0.05) is 0 Å². The van der Waals surface area contributed by atoms with Gasteiger partial charge in [-0.15, -0.1) is 0 Å². The van der Waals surface area contributed by atoms with Crippen molar-refractivity contribution in [2.24, 2.45) is 0 Å². The van der Waals surface area contributed by atoms with Crippen molar-refractivity contribution in [3.8, 4) is 11.6 Å². The van der Waals surface area contributed by atoms with Crippen molar-refractivity contribution in [3.63, 3.8) is 0 Å². The highest BCUT2D eigenvalue weighted by molar-refractivity contribution is 5.51. The molecule has 2 N–H and O–H groups in total. The molecule has 1 heterocycles. The summed E-state index contributed by atoms with van der Waals surface area (Å²) in [5.74, 6) is 0.995. The predicted molar refractivity (Wildman–Crippen MR) is 39.5 cm³/mol. The van der Waals surface area contributed by atoms with Crippen molar-refractivity contribution in [1.29, 1.82) is 0 Å². The highest BCUT2D eigenvalue weighted by Gasteiger charge is 2.08. The van der Waals surface area contributed by atoms with Crippen LogP contribution in [0.2, 0.25) is 0 Å². The first-order valence-corrected chi connectivity index (χ1v) is 2.98. The van der Waals surface area contributed by atoms with Gasteiger partial charge in [0.25, 0.3) is 5.88 Å². The van der Waals surface area contributed by atoms with Gasteiger partial charge in [-0.3, -0.25) is 0 Å². The van der Waals surface area contributed by atoms with Crippen LogP contribution in [0.1, 0.15) is 0 Å². The third-order valence-corrected chi connectivity index (χ3v) is 1.20. The summed E-state index contributed by atoms with van der Waals surface area (Å²) in [5.41, 5.74) is 5.45. The molecule has 0 unspecified atom stereocenters. The van der Waals surface area contributed by atoms with Crippen molar-refractivity contribution in [1.82, 2.24) is 9.97 Å². The Kier molecular flexibility index (Phi) is 2.10. The second-order valence-corrected chi connectivity index (χ2v) is 1.80. The summed E-state index contributed by atoms with van der Waals surface area (Å²) in [6, 6.07) is 0. The molecule has 1 aromatic heterocycles. The quantitative estimate of drug-likeness (QED) is 0.654. The van der Waals surface area contributed by atoms with E-state index in [9.17, 15) is 0 Å². The van der Waals surface area contributed by atoms with Crippen LogP contribution in [0, 0.1) is 0 Å². The van der Waals surface area contributed by atoms with Gasteiger partial charge in [0.15, 0.2) is 5.82 Å². The third kappa shape index (κ3) is 1.31. The van der Waals surface area contributed by atoms with Gasteiger partial charge in [0, 0.05) is 0 Å². The number of hydrogen-bond donors (Lipinski definition) is 1. The summed E-state index contributed by atoms with van der Waals surface area (Å²) in [6.07, 6.45) is 1.32. The number of nitrogens with two attached hydrogens (primary N) is 1. The fourth-order valence-electron chi connectivity index (χ4n) is 0.708. The highest BCUT2D eigenvalue weighted by atomic mass is 16.5. The molecule has 0 aliphatic heterocycles. The van der Waals surface area contributed by atoms with E-state index in [1.165, 1.54) is 20.5 Å². The molecule has 0 bridgehead atoms. The smallest absolute Gasteiger partial charge is 0.262 e. The summed E-state index contributed by atoms with van der Waals surface area (Å²) in [6.45, 7) is 0. The molecule has 0 aliphatic rings.